The Hall–Kier alpha value is -3.33. The first-order valence-electron chi connectivity index (χ1n) is 13.7. The molecule has 38 heavy (non-hydrogen) atoms. The Bertz CT molecular complexity index is 1280. The van der Waals surface area contributed by atoms with Gasteiger partial charge in [0.25, 0.3) is 0 Å². The number of rotatable bonds is 7. The number of piperidine rings is 1. The molecule has 0 spiro atoms. The molecule has 202 valence electrons. The summed E-state index contributed by atoms with van der Waals surface area (Å²) in [4.78, 5) is 33.8. The molecule has 1 saturated heterocycles. The van der Waals surface area contributed by atoms with Gasteiger partial charge in [0, 0.05) is 30.6 Å². The van der Waals surface area contributed by atoms with E-state index in [0.29, 0.717) is 30.6 Å². The molecule has 1 aliphatic heterocycles. The summed E-state index contributed by atoms with van der Waals surface area (Å²) in [5.41, 5.74) is 2.85. The number of likely N-dealkylation sites (tertiary alicyclic amines) is 1. The quantitative estimate of drug-likeness (QED) is 0.457. The van der Waals surface area contributed by atoms with E-state index in [-0.39, 0.29) is 23.7 Å². The number of benzene rings is 1. The van der Waals surface area contributed by atoms with E-state index in [4.69, 9.17) is 0 Å². The fourth-order valence-electron chi connectivity index (χ4n) is 6.12. The Morgan fingerprint density at radius 3 is 2.71 bits per heavy atom. The van der Waals surface area contributed by atoms with Crippen LogP contribution < -0.4 is 5.32 Å². The minimum atomic E-state index is -0.241. The van der Waals surface area contributed by atoms with Crippen molar-refractivity contribution in [1.29, 1.82) is 0 Å². The molecule has 0 bridgehead atoms. The number of carbonyl (C=O) groups excluding carboxylic acids is 2. The van der Waals surface area contributed by atoms with Crippen LogP contribution in [-0.4, -0.2) is 64.0 Å². The second-order valence-corrected chi connectivity index (χ2v) is 11.1. The van der Waals surface area contributed by atoms with Gasteiger partial charge in [0.15, 0.2) is 5.82 Å². The molecular formula is C29H37FN6O2. The number of amides is 2. The molecule has 2 aliphatic rings. The van der Waals surface area contributed by atoms with Gasteiger partial charge in [0.2, 0.25) is 11.8 Å². The summed E-state index contributed by atoms with van der Waals surface area (Å²) < 4.78 is 13.9. The highest BCUT2D eigenvalue weighted by molar-refractivity contribution is 5.90. The molecule has 1 saturated carbocycles. The Labute approximate surface area is 223 Å². The molecule has 0 radical (unpaired) electrons. The molecule has 2 N–H and O–H groups in total. The summed E-state index contributed by atoms with van der Waals surface area (Å²) >= 11 is 0. The number of nitrogens with one attached hydrogen (secondary N) is 2. The average Bonchev–Trinajstić information content (AvgIpc) is 3.36. The lowest BCUT2D eigenvalue weighted by molar-refractivity contribution is -0.135. The number of hydrogen-bond donors (Lipinski definition) is 2. The highest BCUT2D eigenvalue weighted by Crippen LogP contribution is 2.39. The minimum Gasteiger partial charge on any atom is -0.333 e. The van der Waals surface area contributed by atoms with Crippen LogP contribution in [0.15, 0.2) is 36.5 Å². The standard InChI is InChI=1S/C29H37FN6O2/c1-35(2)18-29(38)36-14-4-3-5-26(36)25-17-27(34-33-25)32-28(37)15-19-6-8-20(9-7-19)22-12-13-31-24-11-10-21(30)16-23(22)24/h10-13,16-17,19-20,26H,3-9,14-15,18H2,1-2H3,(H2,32,33,34,37). The van der Waals surface area contributed by atoms with E-state index in [9.17, 15) is 14.0 Å². The summed E-state index contributed by atoms with van der Waals surface area (Å²) in [5.74, 6) is 1.01. The maximum Gasteiger partial charge on any atom is 0.237 e. The summed E-state index contributed by atoms with van der Waals surface area (Å²) in [5, 5.41) is 11.2. The molecule has 1 aliphatic carbocycles. The molecular weight excluding hydrogens is 483 g/mol. The van der Waals surface area contributed by atoms with Gasteiger partial charge in [-0.25, -0.2) is 4.39 Å². The van der Waals surface area contributed by atoms with Crippen LogP contribution in [0.5, 0.6) is 0 Å². The van der Waals surface area contributed by atoms with Crippen LogP contribution >= 0.6 is 0 Å². The molecule has 9 heteroatoms. The topological polar surface area (TPSA) is 94.2 Å². The van der Waals surface area contributed by atoms with Crippen LogP contribution in [0, 0.1) is 11.7 Å². The van der Waals surface area contributed by atoms with Gasteiger partial charge in [-0.2, -0.15) is 5.10 Å². The Morgan fingerprint density at radius 1 is 1.11 bits per heavy atom. The van der Waals surface area contributed by atoms with Crippen LogP contribution in [0.25, 0.3) is 10.9 Å². The maximum absolute atomic E-state index is 13.9. The summed E-state index contributed by atoms with van der Waals surface area (Å²) in [6, 6.07) is 8.61. The fraction of sp³-hybridized carbons (Fsp3) is 0.517. The Kier molecular flexibility index (Phi) is 8.02. The number of nitrogens with zero attached hydrogens (tertiary/aromatic N) is 4. The van der Waals surface area contributed by atoms with Crippen molar-refractivity contribution in [2.24, 2.45) is 5.92 Å². The van der Waals surface area contributed by atoms with Crippen LogP contribution in [0.1, 0.15) is 74.6 Å². The van der Waals surface area contributed by atoms with Gasteiger partial charge < -0.3 is 15.1 Å². The highest BCUT2D eigenvalue weighted by Gasteiger charge is 2.30. The van der Waals surface area contributed by atoms with Gasteiger partial charge in [-0.1, -0.05) is 0 Å². The van der Waals surface area contributed by atoms with E-state index in [0.717, 1.165) is 73.7 Å². The van der Waals surface area contributed by atoms with Gasteiger partial charge in [-0.15, -0.1) is 0 Å². The van der Waals surface area contributed by atoms with Gasteiger partial charge in [0.1, 0.15) is 5.82 Å². The summed E-state index contributed by atoms with van der Waals surface area (Å²) in [6.07, 6.45) is 9.06. The SMILES string of the molecule is CN(C)CC(=O)N1CCCCC1c1cc(NC(=O)CC2CCC(c3ccnc4ccc(F)cc34)CC2)n[nH]1. The zero-order chi connectivity index (χ0) is 26.6. The van der Waals surface area contributed by atoms with Gasteiger partial charge in [-0.05, 0) is 101 Å². The number of pyridine rings is 1. The number of aromatic amines is 1. The van der Waals surface area contributed by atoms with Crippen molar-refractivity contribution >= 4 is 28.5 Å². The molecule has 1 aromatic carbocycles. The maximum atomic E-state index is 13.9. The fourth-order valence-corrected chi connectivity index (χ4v) is 6.12. The first-order chi connectivity index (χ1) is 18.4. The van der Waals surface area contributed by atoms with Crippen molar-refractivity contribution < 1.29 is 14.0 Å². The van der Waals surface area contributed by atoms with E-state index < -0.39 is 0 Å². The first-order valence-corrected chi connectivity index (χ1v) is 13.7. The average molecular weight is 521 g/mol. The van der Waals surface area contributed by atoms with Crippen LogP contribution in [0.3, 0.4) is 0 Å². The summed E-state index contributed by atoms with van der Waals surface area (Å²) in [6.45, 7) is 1.12. The van der Waals surface area contributed by atoms with Crippen molar-refractivity contribution in [1.82, 2.24) is 25.0 Å². The number of carbonyl (C=O) groups is 2. The van der Waals surface area contributed by atoms with Crippen molar-refractivity contribution in [3.8, 4) is 0 Å². The zero-order valence-electron chi connectivity index (χ0n) is 22.3. The van der Waals surface area contributed by atoms with Crippen LogP contribution in [0.4, 0.5) is 10.2 Å². The largest absolute Gasteiger partial charge is 0.333 e. The van der Waals surface area contributed by atoms with Crippen LogP contribution in [-0.2, 0) is 9.59 Å². The van der Waals surface area contributed by atoms with Crippen LogP contribution in [0.2, 0.25) is 0 Å². The van der Waals surface area contributed by atoms with Crippen molar-refractivity contribution in [2.45, 2.75) is 63.3 Å². The third-order valence-electron chi connectivity index (χ3n) is 8.00. The van der Waals surface area contributed by atoms with E-state index in [2.05, 4.69) is 20.5 Å². The number of hydrogen-bond acceptors (Lipinski definition) is 5. The van der Waals surface area contributed by atoms with Crippen molar-refractivity contribution in [2.75, 3.05) is 32.5 Å². The van der Waals surface area contributed by atoms with Gasteiger partial charge in [0.05, 0.1) is 23.8 Å². The first kappa shape index (κ1) is 26.3. The number of aromatic nitrogens is 3. The highest BCUT2D eigenvalue weighted by atomic mass is 19.1. The van der Waals surface area contributed by atoms with Gasteiger partial charge in [-0.3, -0.25) is 19.7 Å². The minimum absolute atomic E-state index is 0.0351. The smallest absolute Gasteiger partial charge is 0.237 e. The lowest BCUT2D eigenvalue weighted by Crippen LogP contribution is -2.42. The second-order valence-electron chi connectivity index (χ2n) is 11.1. The molecule has 5 rings (SSSR count). The molecule has 2 fully saturated rings. The van der Waals surface area contributed by atoms with Crippen molar-refractivity contribution in [3.63, 3.8) is 0 Å². The molecule has 1 atom stereocenters. The molecule has 2 amide bonds. The van der Waals surface area contributed by atoms with Gasteiger partial charge >= 0.3 is 0 Å². The number of anilines is 1. The van der Waals surface area contributed by atoms with E-state index in [1.54, 1.807) is 18.3 Å². The molecule has 1 unspecified atom stereocenters. The number of fused-ring (bicyclic) bond motifs is 1. The van der Waals surface area contributed by atoms with E-state index in [1.807, 2.05) is 36.0 Å². The monoisotopic (exact) mass is 520 g/mol. The predicted octanol–water partition coefficient (Wildman–Crippen LogP) is 5.01. The molecule has 8 nitrogen and oxygen atoms in total. The predicted molar refractivity (Wildman–Crippen MR) is 145 cm³/mol. The second kappa shape index (κ2) is 11.6. The molecule has 3 aromatic rings. The Morgan fingerprint density at radius 2 is 1.92 bits per heavy atom. The number of halogens is 1. The number of H-pyrrole nitrogens is 1. The lowest BCUT2D eigenvalue weighted by Gasteiger charge is -2.35. The third-order valence-corrected chi connectivity index (χ3v) is 8.00. The third kappa shape index (κ3) is 6.04. The number of likely N-dealkylation sites (N-methyl/N-ethyl adjacent to an activating group) is 1. The van der Waals surface area contributed by atoms with E-state index in [1.165, 1.54) is 6.07 Å². The zero-order valence-corrected chi connectivity index (χ0v) is 22.3. The molecule has 2 aromatic heterocycles. The van der Waals surface area contributed by atoms with Crippen molar-refractivity contribution in [3.05, 3.63) is 53.6 Å². The normalized spacial score (nSPS) is 22.1. The van der Waals surface area contributed by atoms with E-state index >= 15 is 0 Å². The Balaban J connectivity index is 1.15. The molecule has 3 heterocycles. The lowest BCUT2D eigenvalue weighted by atomic mass is 9.77. The summed E-state index contributed by atoms with van der Waals surface area (Å²) in [7, 11) is 3.80.